The molecular formula is C18H29N3O4. The van der Waals surface area contributed by atoms with Gasteiger partial charge in [0.15, 0.2) is 0 Å². The average Bonchev–Trinajstić information content (AvgIpc) is 3.45. The summed E-state index contributed by atoms with van der Waals surface area (Å²) in [5.74, 6) is -0.00234. The van der Waals surface area contributed by atoms with Gasteiger partial charge in [-0.15, -0.1) is 0 Å². The van der Waals surface area contributed by atoms with Crippen molar-refractivity contribution in [1.82, 2.24) is 14.7 Å². The molecule has 0 aromatic rings. The molecule has 0 unspecified atom stereocenters. The predicted octanol–water partition coefficient (Wildman–Crippen LogP) is 1.47. The van der Waals surface area contributed by atoms with E-state index in [2.05, 4.69) is 0 Å². The normalized spacial score (nSPS) is 23.0. The third-order valence-electron chi connectivity index (χ3n) is 5.55. The Kier molecular flexibility index (Phi) is 5.49. The molecule has 0 aromatic carbocycles. The van der Waals surface area contributed by atoms with Crippen LogP contribution in [0.15, 0.2) is 0 Å². The van der Waals surface area contributed by atoms with E-state index < -0.39 is 5.41 Å². The average molecular weight is 351 g/mol. The highest BCUT2D eigenvalue weighted by molar-refractivity contribution is 6.07. The number of likely N-dealkylation sites (tertiary alicyclic amines) is 1. The summed E-state index contributed by atoms with van der Waals surface area (Å²) in [5, 5.41) is 0. The minimum absolute atomic E-state index is 0.0345. The fraction of sp³-hybridized carbons (Fsp3) is 0.833. The maximum Gasteiger partial charge on any atom is 0.409 e. The van der Waals surface area contributed by atoms with Gasteiger partial charge in [-0.2, -0.15) is 0 Å². The smallest absolute Gasteiger partial charge is 0.409 e. The van der Waals surface area contributed by atoms with Crippen molar-refractivity contribution in [3.8, 4) is 0 Å². The zero-order chi connectivity index (χ0) is 17.9. The van der Waals surface area contributed by atoms with Crippen LogP contribution < -0.4 is 0 Å². The highest BCUT2D eigenvalue weighted by Gasteiger charge is 2.59. The summed E-state index contributed by atoms with van der Waals surface area (Å²) in [6.45, 7) is 5.60. The molecule has 0 bridgehead atoms. The van der Waals surface area contributed by atoms with Crippen LogP contribution in [0.25, 0.3) is 0 Å². The number of amides is 3. The molecule has 0 spiro atoms. The Morgan fingerprint density at radius 2 is 1.24 bits per heavy atom. The van der Waals surface area contributed by atoms with Crippen molar-refractivity contribution in [2.45, 2.75) is 45.4 Å². The molecule has 3 aliphatic rings. The van der Waals surface area contributed by atoms with Gasteiger partial charge in [-0.3, -0.25) is 9.59 Å². The quantitative estimate of drug-likeness (QED) is 0.722. The van der Waals surface area contributed by atoms with Gasteiger partial charge >= 0.3 is 6.09 Å². The first-order chi connectivity index (χ1) is 12.1. The molecule has 3 fully saturated rings. The highest BCUT2D eigenvalue weighted by Crippen LogP contribution is 2.49. The Hall–Kier alpha value is -1.79. The summed E-state index contributed by atoms with van der Waals surface area (Å²) < 4.78 is 5.01. The molecule has 0 N–H and O–H groups in total. The molecule has 25 heavy (non-hydrogen) atoms. The maximum atomic E-state index is 13.0. The van der Waals surface area contributed by atoms with Gasteiger partial charge in [-0.25, -0.2) is 4.79 Å². The van der Waals surface area contributed by atoms with Crippen LogP contribution in [0.4, 0.5) is 4.79 Å². The molecule has 2 saturated heterocycles. The standard InChI is InChI=1S/C18H29N3O4/c1-2-25-17(24)21-13-11-20(12-14-21)16(23)18(7-8-18)15(22)19-9-5-3-4-6-10-19/h2-14H2,1H3. The SMILES string of the molecule is CCOC(=O)N1CCN(C(=O)C2(C(=O)N3CCCCCC3)CC2)CC1. The van der Waals surface area contributed by atoms with Crippen LogP contribution in [0.3, 0.4) is 0 Å². The minimum atomic E-state index is -0.809. The zero-order valence-electron chi connectivity index (χ0n) is 15.2. The van der Waals surface area contributed by atoms with E-state index in [4.69, 9.17) is 4.74 Å². The van der Waals surface area contributed by atoms with E-state index in [0.29, 0.717) is 45.6 Å². The lowest BCUT2D eigenvalue weighted by atomic mass is 10.0. The first-order valence-corrected chi connectivity index (χ1v) is 9.59. The Balaban J connectivity index is 1.57. The third kappa shape index (κ3) is 3.75. The molecule has 2 heterocycles. The van der Waals surface area contributed by atoms with Crippen LogP contribution in [0.5, 0.6) is 0 Å². The maximum absolute atomic E-state index is 13.0. The van der Waals surface area contributed by atoms with E-state index in [1.54, 1.807) is 16.7 Å². The van der Waals surface area contributed by atoms with Crippen molar-refractivity contribution in [3.63, 3.8) is 0 Å². The second-order valence-electron chi connectivity index (χ2n) is 7.27. The summed E-state index contributed by atoms with van der Waals surface area (Å²) in [5.41, 5.74) is -0.809. The van der Waals surface area contributed by atoms with Gasteiger partial charge in [-0.1, -0.05) is 12.8 Å². The number of nitrogens with zero attached hydrogens (tertiary/aromatic N) is 3. The molecule has 0 atom stereocenters. The molecule has 0 radical (unpaired) electrons. The van der Waals surface area contributed by atoms with Gasteiger partial charge in [0.1, 0.15) is 5.41 Å². The van der Waals surface area contributed by atoms with Gasteiger partial charge < -0.3 is 19.4 Å². The van der Waals surface area contributed by atoms with E-state index >= 15 is 0 Å². The number of rotatable bonds is 3. The monoisotopic (exact) mass is 351 g/mol. The lowest BCUT2D eigenvalue weighted by Gasteiger charge is -2.36. The first-order valence-electron chi connectivity index (χ1n) is 9.59. The number of piperazine rings is 1. The van der Waals surface area contributed by atoms with E-state index in [9.17, 15) is 14.4 Å². The molecule has 1 saturated carbocycles. The van der Waals surface area contributed by atoms with Gasteiger partial charge in [0.05, 0.1) is 6.61 Å². The summed E-state index contributed by atoms with van der Waals surface area (Å²) in [4.78, 5) is 43.0. The number of hydrogen-bond donors (Lipinski definition) is 0. The molecule has 7 heteroatoms. The Morgan fingerprint density at radius 1 is 0.760 bits per heavy atom. The van der Waals surface area contributed by atoms with E-state index in [0.717, 1.165) is 25.9 Å². The summed E-state index contributed by atoms with van der Waals surface area (Å²) >= 11 is 0. The van der Waals surface area contributed by atoms with Crippen LogP contribution in [0.2, 0.25) is 0 Å². The van der Waals surface area contributed by atoms with Crippen molar-refractivity contribution in [2.75, 3.05) is 45.9 Å². The van der Waals surface area contributed by atoms with Gasteiger partial charge in [0.2, 0.25) is 11.8 Å². The molecular weight excluding hydrogens is 322 g/mol. The van der Waals surface area contributed by atoms with Crippen molar-refractivity contribution >= 4 is 17.9 Å². The zero-order valence-corrected chi connectivity index (χ0v) is 15.2. The van der Waals surface area contributed by atoms with Gasteiger partial charge in [0, 0.05) is 39.3 Å². The van der Waals surface area contributed by atoms with Gasteiger partial charge in [0.25, 0.3) is 0 Å². The number of ether oxygens (including phenoxy) is 1. The van der Waals surface area contributed by atoms with Crippen LogP contribution in [0, 0.1) is 5.41 Å². The van der Waals surface area contributed by atoms with Crippen LogP contribution in [0.1, 0.15) is 45.4 Å². The molecule has 7 nitrogen and oxygen atoms in total. The first kappa shape index (κ1) is 18.0. The molecule has 1 aliphatic carbocycles. The Bertz CT molecular complexity index is 516. The van der Waals surface area contributed by atoms with E-state index in [1.165, 1.54) is 12.8 Å². The van der Waals surface area contributed by atoms with E-state index in [1.807, 2.05) is 4.90 Å². The Labute approximate surface area is 149 Å². The van der Waals surface area contributed by atoms with Crippen molar-refractivity contribution in [1.29, 1.82) is 0 Å². The second-order valence-corrected chi connectivity index (χ2v) is 7.27. The largest absolute Gasteiger partial charge is 0.450 e. The van der Waals surface area contributed by atoms with Crippen molar-refractivity contribution in [3.05, 3.63) is 0 Å². The second kappa shape index (κ2) is 7.62. The topological polar surface area (TPSA) is 70.2 Å². The minimum Gasteiger partial charge on any atom is -0.450 e. The lowest BCUT2D eigenvalue weighted by Crippen LogP contribution is -2.54. The Morgan fingerprint density at radius 3 is 1.72 bits per heavy atom. The molecule has 0 aromatic heterocycles. The number of hydrogen-bond acceptors (Lipinski definition) is 4. The van der Waals surface area contributed by atoms with E-state index in [-0.39, 0.29) is 17.9 Å². The molecule has 3 rings (SSSR count). The highest BCUT2D eigenvalue weighted by atomic mass is 16.6. The van der Waals surface area contributed by atoms with Crippen LogP contribution >= 0.6 is 0 Å². The summed E-state index contributed by atoms with van der Waals surface area (Å²) in [7, 11) is 0. The fourth-order valence-corrected chi connectivity index (χ4v) is 3.83. The van der Waals surface area contributed by atoms with Crippen molar-refractivity contribution < 1.29 is 19.1 Å². The fourth-order valence-electron chi connectivity index (χ4n) is 3.83. The third-order valence-corrected chi connectivity index (χ3v) is 5.55. The van der Waals surface area contributed by atoms with Crippen LogP contribution in [-0.4, -0.2) is 78.5 Å². The number of carbonyl (C=O) groups is 3. The lowest BCUT2D eigenvalue weighted by molar-refractivity contribution is -0.150. The van der Waals surface area contributed by atoms with Gasteiger partial charge in [-0.05, 0) is 32.6 Å². The van der Waals surface area contributed by atoms with Crippen molar-refractivity contribution in [2.24, 2.45) is 5.41 Å². The number of carbonyl (C=O) groups excluding carboxylic acids is 3. The van der Waals surface area contributed by atoms with Crippen LogP contribution in [-0.2, 0) is 14.3 Å². The predicted molar refractivity (Wildman–Crippen MR) is 91.9 cm³/mol. The summed E-state index contributed by atoms with van der Waals surface area (Å²) in [6, 6.07) is 0. The molecule has 3 amide bonds. The summed E-state index contributed by atoms with van der Waals surface area (Å²) in [6.07, 6.45) is 5.42. The molecule has 140 valence electrons. The molecule has 2 aliphatic heterocycles.